The van der Waals surface area contributed by atoms with E-state index in [1.54, 1.807) is 13.8 Å². The minimum atomic E-state index is -1.05. The topological polar surface area (TPSA) is 71.1 Å². The van der Waals surface area contributed by atoms with Crippen LogP contribution in [0, 0.1) is 0 Å². The van der Waals surface area contributed by atoms with E-state index in [4.69, 9.17) is 18.8 Å². The van der Waals surface area contributed by atoms with Gasteiger partial charge in [0.15, 0.2) is 12.2 Å². The molecule has 2 aliphatic rings. The summed E-state index contributed by atoms with van der Waals surface area (Å²) in [5.41, 5.74) is 1.35. The molecule has 3 atom stereocenters. The van der Waals surface area contributed by atoms with Crippen molar-refractivity contribution in [1.29, 1.82) is 0 Å². The molecule has 0 aromatic heterocycles. The molecule has 1 aliphatic carbocycles. The lowest BCUT2D eigenvalue weighted by Gasteiger charge is -2.21. The van der Waals surface area contributed by atoms with Crippen LogP contribution in [0.25, 0.3) is 0 Å². The number of rotatable bonds is 5. The van der Waals surface area contributed by atoms with Gasteiger partial charge in [-0.1, -0.05) is 11.6 Å². The maximum absolute atomic E-state index is 12.0. The average molecular weight is 310 g/mol. The Morgan fingerprint density at radius 2 is 1.73 bits per heavy atom. The molecule has 122 valence electrons. The first kappa shape index (κ1) is 17.0. The Kier molecular flexibility index (Phi) is 6.02. The van der Waals surface area contributed by atoms with Gasteiger partial charge >= 0.3 is 19.1 Å². The molecule has 1 heterocycles. The molecule has 0 aromatic carbocycles. The third-order valence-electron chi connectivity index (χ3n) is 3.94. The zero-order valence-corrected chi connectivity index (χ0v) is 13.4. The second kappa shape index (κ2) is 7.79. The van der Waals surface area contributed by atoms with E-state index in [0.717, 1.165) is 19.3 Å². The van der Waals surface area contributed by atoms with E-state index < -0.39 is 31.3 Å². The molecule has 0 saturated carbocycles. The quantitative estimate of drug-likeness (QED) is 0.439. The minimum absolute atomic E-state index is 0.139. The molecule has 0 unspecified atom stereocenters. The van der Waals surface area contributed by atoms with Crippen LogP contribution >= 0.6 is 0 Å². The molecule has 0 bridgehead atoms. The van der Waals surface area contributed by atoms with Crippen LogP contribution in [0.2, 0.25) is 5.82 Å². The van der Waals surface area contributed by atoms with Gasteiger partial charge in [-0.25, -0.2) is 9.59 Å². The predicted octanol–water partition coefficient (Wildman–Crippen LogP) is 1.89. The van der Waals surface area contributed by atoms with Gasteiger partial charge in [0, 0.05) is 0 Å². The summed E-state index contributed by atoms with van der Waals surface area (Å²) in [5.74, 6) is -1.02. The van der Waals surface area contributed by atoms with E-state index in [0.29, 0.717) is 0 Å². The van der Waals surface area contributed by atoms with Crippen molar-refractivity contribution in [3.8, 4) is 0 Å². The van der Waals surface area contributed by atoms with Crippen molar-refractivity contribution in [3.63, 3.8) is 0 Å². The lowest BCUT2D eigenvalue weighted by atomic mass is 9.65. The van der Waals surface area contributed by atoms with Crippen LogP contribution in [0.15, 0.2) is 11.6 Å². The number of hydrogen-bond donors (Lipinski definition) is 0. The highest BCUT2D eigenvalue weighted by Gasteiger charge is 2.51. The number of esters is 2. The fraction of sp³-hybridized carbons (Fsp3) is 0.733. The van der Waals surface area contributed by atoms with Crippen LogP contribution in [-0.4, -0.2) is 44.5 Å². The van der Waals surface area contributed by atoms with Crippen molar-refractivity contribution in [3.05, 3.63) is 11.6 Å². The van der Waals surface area contributed by atoms with Crippen LogP contribution in [0.1, 0.15) is 40.0 Å². The van der Waals surface area contributed by atoms with E-state index in [9.17, 15) is 9.59 Å². The summed E-state index contributed by atoms with van der Waals surface area (Å²) >= 11 is 0. The Morgan fingerprint density at radius 3 is 2.14 bits per heavy atom. The van der Waals surface area contributed by atoms with Crippen molar-refractivity contribution >= 4 is 19.1 Å². The molecule has 22 heavy (non-hydrogen) atoms. The Labute approximate surface area is 131 Å². The first-order chi connectivity index (χ1) is 10.6. The van der Waals surface area contributed by atoms with Gasteiger partial charge in [-0.3, -0.25) is 0 Å². The maximum atomic E-state index is 12.0. The number of allylic oxidation sites excluding steroid dienone is 2. The lowest BCUT2D eigenvalue weighted by molar-refractivity contribution is -0.163. The molecule has 0 spiro atoms. The fourth-order valence-corrected chi connectivity index (χ4v) is 2.73. The Morgan fingerprint density at radius 1 is 1.18 bits per heavy atom. The molecular formula is C15H23BO6. The van der Waals surface area contributed by atoms with Crippen molar-refractivity contribution in [1.82, 2.24) is 0 Å². The molecule has 0 radical (unpaired) electrons. The summed E-state index contributed by atoms with van der Waals surface area (Å²) < 4.78 is 21.4. The standard InChI is InChI=1S/C15H23BO6/c1-4-19-14(17)12-13(15(18)20-5-2)22-16(21-12)11-8-6-10(3)7-9-11/h6,11-13H,4-5,7-9H2,1-3H3/t11-,12+,13+/m1/s1. The van der Waals surface area contributed by atoms with Gasteiger partial charge in [-0.15, -0.1) is 0 Å². The van der Waals surface area contributed by atoms with Gasteiger partial charge in [0.05, 0.1) is 13.2 Å². The number of carbonyl (C=O) groups excluding carboxylic acids is 2. The number of ether oxygens (including phenoxy) is 2. The summed E-state index contributed by atoms with van der Waals surface area (Å²) in [6, 6.07) is 0. The highest BCUT2D eigenvalue weighted by atomic mass is 16.7. The van der Waals surface area contributed by atoms with Gasteiger partial charge in [-0.2, -0.15) is 0 Å². The smallest absolute Gasteiger partial charge is 0.461 e. The van der Waals surface area contributed by atoms with Crippen LogP contribution in [0.4, 0.5) is 0 Å². The molecule has 6 nitrogen and oxygen atoms in total. The summed E-state index contributed by atoms with van der Waals surface area (Å²) in [6.07, 6.45) is 2.77. The van der Waals surface area contributed by atoms with Gasteiger partial charge in [0.1, 0.15) is 0 Å². The van der Waals surface area contributed by atoms with Crippen LogP contribution in [0.5, 0.6) is 0 Å². The van der Waals surface area contributed by atoms with E-state index in [1.165, 1.54) is 5.57 Å². The Bertz CT molecular complexity index is 423. The van der Waals surface area contributed by atoms with E-state index in [2.05, 4.69) is 13.0 Å². The van der Waals surface area contributed by atoms with Crippen LogP contribution in [0.3, 0.4) is 0 Å². The molecule has 1 saturated heterocycles. The van der Waals surface area contributed by atoms with Crippen LogP contribution < -0.4 is 0 Å². The maximum Gasteiger partial charge on any atom is 0.461 e. The van der Waals surface area contributed by atoms with E-state index in [-0.39, 0.29) is 19.0 Å². The Hall–Kier alpha value is -1.34. The van der Waals surface area contributed by atoms with Crippen molar-refractivity contribution in [2.24, 2.45) is 0 Å². The number of hydrogen-bond acceptors (Lipinski definition) is 6. The summed E-state index contributed by atoms with van der Waals surface area (Å²) in [5, 5.41) is 0. The van der Waals surface area contributed by atoms with E-state index in [1.807, 2.05) is 0 Å². The molecule has 2 rings (SSSR count). The minimum Gasteiger partial charge on any atom is -0.464 e. The second-order valence-electron chi connectivity index (χ2n) is 5.57. The monoisotopic (exact) mass is 310 g/mol. The zero-order valence-electron chi connectivity index (χ0n) is 13.4. The average Bonchev–Trinajstić information content (AvgIpc) is 2.94. The molecule has 7 heteroatoms. The third-order valence-corrected chi connectivity index (χ3v) is 3.94. The molecule has 0 amide bonds. The highest BCUT2D eigenvalue weighted by molar-refractivity contribution is 6.48. The fourth-order valence-electron chi connectivity index (χ4n) is 2.73. The molecule has 0 N–H and O–H groups in total. The SMILES string of the molecule is CCOC(=O)[C@H]1OB([C@@H]2CC=C(C)CC2)O[C@@H]1C(=O)OCC. The first-order valence-corrected chi connectivity index (χ1v) is 7.86. The summed E-state index contributed by atoms with van der Waals surface area (Å²) in [7, 11) is -0.576. The lowest BCUT2D eigenvalue weighted by Crippen LogP contribution is -2.39. The van der Waals surface area contributed by atoms with Gasteiger partial charge < -0.3 is 18.8 Å². The summed E-state index contributed by atoms with van der Waals surface area (Å²) in [4.78, 5) is 24.0. The number of carbonyl (C=O) groups is 2. The van der Waals surface area contributed by atoms with Crippen LogP contribution in [-0.2, 0) is 28.4 Å². The highest BCUT2D eigenvalue weighted by Crippen LogP contribution is 2.35. The van der Waals surface area contributed by atoms with Crippen molar-refractivity contribution < 1.29 is 28.4 Å². The zero-order chi connectivity index (χ0) is 16.1. The molecular weight excluding hydrogens is 287 g/mol. The molecule has 1 aliphatic heterocycles. The summed E-state index contributed by atoms with van der Waals surface area (Å²) in [6.45, 7) is 5.96. The van der Waals surface area contributed by atoms with Gasteiger partial charge in [-0.05, 0) is 45.9 Å². The normalized spacial score (nSPS) is 28.2. The first-order valence-electron chi connectivity index (χ1n) is 7.86. The third kappa shape index (κ3) is 3.90. The molecule has 0 aromatic rings. The van der Waals surface area contributed by atoms with Gasteiger partial charge in [0.2, 0.25) is 0 Å². The van der Waals surface area contributed by atoms with Crippen molar-refractivity contribution in [2.75, 3.05) is 13.2 Å². The second-order valence-corrected chi connectivity index (χ2v) is 5.57. The largest absolute Gasteiger partial charge is 0.464 e. The van der Waals surface area contributed by atoms with E-state index >= 15 is 0 Å². The van der Waals surface area contributed by atoms with Gasteiger partial charge in [0.25, 0.3) is 0 Å². The Balaban J connectivity index is 2.06. The predicted molar refractivity (Wildman–Crippen MR) is 80.1 cm³/mol. The molecule has 1 fully saturated rings. The van der Waals surface area contributed by atoms with Crippen molar-refractivity contribution in [2.45, 2.75) is 58.1 Å².